The maximum absolute atomic E-state index is 13.6. The first kappa shape index (κ1) is 29.0. The predicted octanol–water partition coefficient (Wildman–Crippen LogP) is 7.58. The Morgan fingerprint density at radius 1 is 1.00 bits per heavy atom. The number of carbonyl (C=O) groups is 1. The highest BCUT2D eigenvalue weighted by atomic mass is 16.5. The van der Waals surface area contributed by atoms with Crippen LogP contribution in [-0.2, 0) is 0 Å². The first-order chi connectivity index (χ1) is 18.5. The highest BCUT2D eigenvalue weighted by molar-refractivity contribution is 6.10. The molecule has 204 valence electrons. The molecule has 1 N–H and O–H groups in total. The van der Waals surface area contributed by atoms with E-state index >= 15 is 0 Å². The van der Waals surface area contributed by atoms with Gasteiger partial charge < -0.3 is 19.9 Å². The number of fused-ring (bicyclic) bond motifs is 1. The molecule has 1 aromatic heterocycles. The van der Waals surface area contributed by atoms with Gasteiger partial charge in [-0.15, -0.1) is 0 Å². The summed E-state index contributed by atoms with van der Waals surface area (Å²) in [6, 6.07) is 20.3. The molecule has 1 aliphatic heterocycles. The summed E-state index contributed by atoms with van der Waals surface area (Å²) < 4.78 is 6.56. The van der Waals surface area contributed by atoms with E-state index < -0.39 is 0 Å². The molecule has 0 radical (unpaired) electrons. The summed E-state index contributed by atoms with van der Waals surface area (Å²) in [5.41, 5.74) is 3.52. The molecule has 0 saturated carbocycles. The van der Waals surface area contributed by atoms with Gasteiger partial charge in [0.05, 0.1) is 11.3 Å². The average Bonchev–Trinajstić information content (AvgIpc) is 3.08. The molecule has 2 unspecified atom stereocenters. The lowest BCUT2D eigenvalue weighted by Gasteiger charge is -2.24. The number of amides is 1. The molecule has 0 spiro atoms. The SMILES string of the molecule is CC.CCNc1cc2c(cn1)C(=O)N(c1cccc(OC(CCC(C)CC)c3ccccc3)c1)CCN2C. The van der Waals surface area contributed by atoms with Crippen molar-refractivity contribution in [1.29, 1.82) is 0 Å². The van der Waals surface area contributed by atoms with Crippen molar-refractivity contribution >= 4 is 23.1 Å². The van der Waals surface area contributed by atoms with E-state index in [9.17, 15) is 4.79 Å². The van der Waals surface area contributed by atoms with E-state index in [0.717, 1.165) is 55.3 Å². The summed E-state index contributed by atoms with van der Waals surface area (Å²) >= 11 is 0. The quantitative estimate of drug-likeness (QED) is 0.301. The molecule has 1 aliphatic rings. The predicted molar refractivity (Wildman–Crippen MR) is 160 cm³/mol. The number of hydrogen-bond acceptors (Lipinski definition) is 5. The Balaban J connectivity index is 0.00000195. The molecule has 3 aromatic rings. The number of hydrogen-bond donors (Lipinski definition) is 1. The Morgan fingerprint density at radius 2 is 1.76 bits per heavy atom. The van der Waals surface area contributed by atoms with Gasteiger partial charge >= 0.3 is 0 Å². The van der Waals surface area contributed by atoms with Gasteiger partial charge in [-0.1, -0.05) is 70.5 Å². The Labute approximate surface area is 229 Å². The second-order valence-corrected chi connectivity index (χ2v) is 9.60. The highest BCUT2D eigenvalue weighted by Crippen LogP contribution is 2.33. The molecule has 6 nitrogen and oxygen atoms in total. The van der Waals surface area contributed by atoms with Crippen molar-refractivity contribution in [2.45, 2.75) is 60.0 Å². The fourth-order valence-corrected chi connectivity index (χ4v) is 4.56. The maximum atomic E-state index is 13.6. The molecular weight excluding hydrogens is 472 g/mol. The monoisotopic (exact) mass is 516 g/mol. The van der Waals surface area contributed by atoms with Crippen molar-refractivity contribution in [1.82, 2.24) is 4.98 Å². The van der Waals surface area contributed by atoms with Gasteiger partial charge in [-0.05, 0) is 43.4 Å². The normalized spacial score (nSPS) is 14.5. The summed E-state index contributed by atoms with van der Waals surface area (Å²) in [6.07, 6.45) is 4.87. The summed E-state index contributed by atoms with van der Waals surface area (Å²) in [5.74, 6) is 2.17. The van der Waals surface area contributed by atoms with Crippen molar-refractivity contribution < 1.29 is 9.53 Å². The number of ether oxygens (including phenoxy) is 1. The molecule has 38 heavy (non-hydrogen) atoms. The minimum absolute atomic E-state index is 0.0316. The minimum atomic E-state index is -0.0431. The Bertz CT molecular complexity index is 1150. The van der Waals surface area contributed by atoms with Crippen LogP contribution in [0, 0.1) is 5.92 Å². The maximum Gasteiger partial charge on any atom is 0.262 e. The van der Waals surface area contributed by atoms with Crippen molar-refractivity contribution in [2.24, 2.45) is 5.92 Å². The van der Waals surface area contributed by atoms with Crippen LogP contribution in [0.3, 0.4) is 0 Å². The van der Waals surface area contributed by atoms with Gasteiger partial charge in [-0.3, -0.25) is 4.79 Å². The molecule has 0 bridgehead atoms. The molecule has 0 fully saturated rings. The molecule has 6 heteroatoms. The van der Waals surface area contributed by atoms with Crippen molar-refractivity contribution in [2.75, 3.05) is 41.8 Å². The van der Waals surface area contributed by atoms with E-state index in [4.69, 9.17) is 4.74 Å². The van der Waals surface area contributed by atoms with E-state index in [2.05, 4.69) is 53.3 Å². The van der Waals surface area contributed by atoms with E-state index in [1.54, 1.807) is 6.20 Å². The van der Waals surface area contributed by atoms with Crippen LogP contribution in [0.2, 0.25) is 0 Å². The van der Waals surface area contributed by atoms with Crippen molar-refractivity contribution in [3.63, 3.8) is 0 Å². The van der Waals surface area contributed by atoms with Gasteiger partial charge in [-0.2, -0.15) is 0 Å². The van der Waals surface area contributed by atoms with E-state index in [1.807, 2.05) is 69.1 Å². The number of benzene rings is 2. The lowest BCUT2D eigenvalue weighted by atomic mass is 9.97. The number of carbonyl (C=O) groups excluding carboxylic acids is 1. The Hall–Kier alpha value is -3.54. The van der Waals surface area contributed by atoms with Crippen LogP contribution in [0.4, 0.5) is 17.2 Å². The average molecular weight is 517 g/mol. The second-order valence-electron chi connectivity index (χ2n) is 9.60. The van der Waals surface area contributed by atoms with Crippen LogP contribution < -0.4 is 19.9 Å². The minimum Gasteiger partial charge on any atom is -0.486 e. The summed E-state index contributed by atoms with van der Waals surface area (Å²) in [4.78, 5) is 22.0. The lowest BCUT2D eigenvalue weighted by Crippen LogP contribution is -2.33. The van der Waals surface area contributed by atoms with Crippen molar-refractivity contribution in [3.8, 4) is 5.75 Å². The first-order valence-corrected chi connectivity index (χ1v) is 14.1. The number of anilines is 3. The largest absolute Gasteiger partial charge is 0.486 e. The molecular formula is C32H44N4O2. The number of nitrogens with one attached hydrogen (secondary N) is 1. The molecule has 4 rings (SSSR count). The van der Waals surface area contributed by atoms with Gasteiger partial charge in [0.15, 0.2) is 0 Å². The molecule has 1 amide bonds. The zero-order chi connectivity index (χ0) is 27.5. The molecule has 2 aromatic carbocycles. The fourth-order valence-electron chi connectivity index (χ4n) is 4.56. The van der Waals surface area contributed by atoms with Crippen LogP contribution in [0.15, 0.2) is 66.9 Å². The molecule has 2 heterocycles. The fraction of sp³-hybridized carbons (Fsp3) is 0.438. The van der Waals surface area contributed by atoms with Crippen LogP contribution in [-0.4, -0.2) is 37.6 Å². The third-order valence-corrected chi connectivity index (χ3v) is 6.98. The molecule has 0 saturated heterocycles. The second kappa shape index (κ2) is 14.4. The van der Waals surface area contributed by atoms with E-state index in [0.29, 0.717) is 18.0 Å². The number of likely N-dealkylation sites (N-methyl/N-ethyl adjacent to an activating group) is 1. The highest BCUT2D eigenvalue weighted by Gasteiger charge is 2.27. The third kappa shape index (κ3) is 7.27. The van der Waals surface area contributed by atoms with Crippen LogP contribution in [0.1, 0.15) is 75.9 Å². The van der Waals surface area contributed by atoms with Crippen LogP contribution >= 0.6 is 0 Å². The summed E-state index contributed by atoms with van der Waals surface area (Å²) in [7, 11) is 2.02. The lowest BCUT2D eigenvalue weighted by molar-refractivity contribution is 0.0990. The Morgan fingerprint density at radius 3 is 2.47 bits per heavy atom. The Kier molecular flexibility index (Phi) is 11.0. The van der Waals surface area contributed by atoms with E-state index in [1.165, 1.54) is 5.56 Å². The number of nitrogens with zero attached hydrogens (tertiary/aromatic N) is 3. The smallest absolute Gasteiger partial charge is 0.262 e. The van der Waals surface area contributed by atoms with Crippen LogP contribution in [0.5, 0.6) is 5.75 Å². The van der Waals surface area contributed by atoms with Gasteiger partial charge in [0.2, 0.25) is 0 Å². The van der Waals surface area contributed by atoms with Gasteiger partial charge in [0.25, 0.3) is 5.91 Å². The number of aromatic nitrogens is 1. The molecule has 2 atom stereocenters. The standard InChI is InChI=1S/C30H38N4O2.C2H6/c1-5-22(3)15-16-28(23-11-8-7-9-12-23)36-25-14-10-13-24(19-25)34-18-17-33(4)27-20-29(31-6-2)32-21-26(27)30(34)35;1-2/h7-14,19-22,28H,5-6,15-18H2,1-4H3,(H,31,32);1-2H3. The van der Waals surface area contributed by atoms with Gasteiger partial charge in [0.1, 0.15) is 17.7 Å². The van der Waals surface area contributed by atoms with Gasteiger partial charge in [0, 0.05) is 50.7 Å². The summed E-state index contributed by atoms with van der Waals surface area (Å²) in [6.45, 7) is 12.6. The van der Waals surface area contributed by atoms with Gasteiger partial charge in [-0.25, -0.2) is 4.98 Å². The zero-order valence-corrected chi connectivity index (χ0v) is 23.9. The van der Waals surface area contributed by atoms with E-state index in [-0.39, 0.29) is 12.0 Å². The third-order valence-electron chi connectivity index (χ3n) is 6.98. The van der Waals surface area contributed by atoms with Crippen LogP contribution in [0.25, 0.3) is 0 Å². The number of rotatable bonds is 10. The summed E-state index contributed by atoms with van der Waals surface area (Å²) in [5, 5.41) is 3.24. The number of pyridine rings is 1. The zero-order valence-electron chi connectivity index (χ0n) is 23.9. The topological polar surface area (TPSA) is 57.7 Å². The first-order valence-electron chi connectivity index (χ1n) is 14.1. The molecule has 0 aliphatic carbocycles. The van der Waals surface area contributed by atoms with Crippen molar-refractivity contribution in [3.05, 3.63) is 78.0 Å².